The number of nitrogens with zero attached hydrogens (tertiary/aromatic N) is 1. The average molecular weight is 397 g/mol. The van der Waals surface area contributed by atoms with E-state index in [0.717, 1.165) is 10.8 Å². The van der Waals surface area contributed by atoms with Gasteiger partial charge in [0.05, 0.1) is 7.11 Å². The van der Waals surface area contributed by atoms with Gasteiger partial charge in [0.2, 0.25) is 0 Å². The summed E-state index contributed by atoms with van der Waals surface area (Å²) in [4.78, 5) is 1.50. The van der Waals surface area contributed by atoms with Gasteiger partial charge in [-0.2, -0.15) is 13.2 Å². The van der Waals surface area contributed by atoms with Gasteiger partial charge in [-0.15, -0.1) is 24.8 Å². The number of benzene rings is 2. The molecule has 8 heteroatoms. The van der Waals surface area contributed by atoms with Crippen molar-refractivity contribution in [3.63, 3.8) is 0 Å². The van der Waals surface area contributed by atoms with Crippen LogP contribution in [0.4, 0.5) is 13.2 Å². The van der Waals surface area contributed by atoms with Crippen LogP contribution in [0.5, 0.6) is 5.75 Å². The summed E-state index contributed by atoms with van der Waals surface area (Å²) in [6.07, 6.45) is -4.29. The Morgan fingerprint density at radius 1 is 1.00 bits per heavy atom. The van der Waals surface area contributed by atoms with Crippen LogP contribution in [-0.2, 0) is 0 Å². The first-order valence-electron chi connectivity index (χ1n) is 7.58. The summed E-state index contributed by atoms with van der Waals surface area (Å²) in [5, 5.41) is 4.75. The van der Waals surface area contributed by atoms with Crippen molar-refractivity contribution in [2.45, 2.75) is 12.2 Å². The quantitative estimate of drug-likeness (QED) is 0.841. The third-order valence-corrected chi connectivity index (χ3v) is 4.21. The predicted molar refractivity (Wildman–Crippen MR) is 98.2 cm³/mol. The first kappa shape index (κ1) is 21.8. The van der Waals surface area contributed by atoms with Crippen LogP contribution in [0.25, 0.3) is 10.8 Å². The van der Waals surface area contributed by atoms with Gasteiger partial charge in [0.1, 0.15) is 11.8 Å². The van der Waals surface area contributed by atoms with Crippen LogP contribution >= 0.6 is 24.8 Å². The topological polar surface area (TPSA) is 24.5 Å². The van der Waals surface area contributed by atoms with Crippen molar-refractivity contribution in [2.24, 2.45) is 0 Å². The number of piperazine rings is 1. The van der Waals surface area contributed by atoms with Gasteiger partial charge in [-0.05, 0) is 34.5 Å². The highest BCUT2D eigenvalue weighted by atomic mass is 35.5. The molecular weight excluding hydrogens is 376 g/mol. The molecule has 1 heterocycles. The van der Waals surface area contributed by atoms with Crippen LogP contribution in [0.2, 0.25) is 0 Å². The summed E-state index contributed by atoms with van der Waals surface area (Å²) < 4.78 is 46.0. The van der Waals surface area contributed by atoms with Crippen molar-refractivity contribution in [1.29, 1.82) is 0 Å². The fourth-order valence-electron chi connectivity index (χ4n) is 3.09. The minimum atomic E-state index is -4.29. The molecule has 1 fully saturated rings. The number of ether oxygens (including phenoxy) is 1. The lowest BCUT2D eigenvalue weighted by Gasteiger charge is -2.36. The molecule has 0 bridgehead atoms. The summed E-state index contributed by atoms with van der Waals surface area (Å²) in [6, 6.07) is 8.76. The molecule has 25 heavy (non-hydrogen) atoms. The summed E-state index contributed by atoms with van der Waals surface area (Å²) in [5.41, 5.74) is 0.289. The Bertz CT molecular complexity index is 691. The fraction of sp³-hybridized carbons (Fsp3) is 0.412. The molecule has 0 radical (unpaired) electrons. The highest BCUT2D eigenvalue weighted by molar-refractivity contribution is 5.86. The van der Waals surface area contributed by atoms with Crippen LogP contribution in [0, 0.1) is 0 Å². The molecule has 1 aliphatic rings. The maximum atomic E-state index is 13.6. The molecule has 0 aliphatic carbocycles. The predicted octanol–water partition coefficient (Wildman–Crippen LogP) is 4.20. The smallest absolute Gasteiger partial charge is 0.408 e. The summed E-state index contributed by atoms with van der Waals surface area (Å²) in [5.74, 6) is 0.694. The van der Waals surface area contributed by atoms with E-state index in [0.29, 0.717) is 31.9 Å². The number of halogens is 5. The van der Waals surface area contributed by atoms with E-state index in [2.05, 4.69) is 5.32 Å². The maximum absolute atomic E-state index is 13.6. The second-order valence-corrected chi connectivity index (χ2v) is 5.70. The van der Waals surface area contributed by atoms with Gasteiger partial charge < -0.3 is 10.1 Å². The Kier molecular flexibility index (Phi) is 7.81. The van der Waals surface area contributed by atoms with Gasteiger partial charge in [0.25, 0.3) is 0 Å². The Labute approximate surface area is 157 Å². The number of hydrogen-bond acceptors (Lipinski definition) is 3. The minimum Gasteiger partial charge on any atom is -0.497 e. The Morgan fingerprint density at radius 3 is 2.20 bits per heavy atom. The van der Waals surface area contributed by atoms with E-state index in [1.54, 1.807) is 37.4 Å². The number of hydrogen-bond donors (Lipinski definition) is 1. The van der Waals surface area contributed by atoms with E-state index in [-0.39, 0.29) is 30.4 Å². The van der Waals surface area contributed by atoms with Gasteiger partial charge in [0.15, 0.2) is 0 Å². The zero-order valence-corrected chi connectivity index (χ0v) is 15.3. The summed E-state index contributed by atoms with van der Waals surface area (Å²) in [6.45, 7) is 1.95. The molecule has 1 saturated heterocycles. The van der Waals surface area contributed by atoms with Gasteiger partial charge in [-0.1, -0.05) is 18.2 Å². The third kappa shape index (κ3) is 4.91. The lowest BCUT2D eigenvalue weighted by Crippen LogP contribution is -2.49. The lowest BCUT2D eigenvalue weighted by molar-refractivity contribution is -0.187. The molecule has 1 N–H and O–H groups in total. The van der Waals surface area contributed by atoms with Crippen molar-refractivity contribution in [1.82, 2.24) is 10.2 Å². The van der Waals surface area contributed by atoms with E-state index < -0.39 is 12.2 Å². The van der Waals surface area contributed by atoms with E-state index >= 15 is 0 Å². The van der Waals surface area contributed by atoms with Crippen LogP contribution in [0.15, 0.2) is 36.4 Å². The molecule has 3 nitrogen and oxygen atoms in total. The van der Waals surface area contributed by atoms with Gasteiger partial charge >= 0.3 is 6.18 Å². The van der Waals surface area contributed by atoms with Crippen LogP contribution < -0.4 is 10.1 Å². The minimum absolute atomic E-state index is 0. The zero-order chi connectivity index (χ0) is 16.4. The first-order chi connectivity index (χ1) is 11.0. The molecule has 2 aromatic rings. The second-order valence-electron chi connectivity index (χ2n) is 5.70. The van der Waals surface area contributed by atoms with Crippen molar-refractivity contribution in [3.05, 3.63) is 42.0 Å². The molecule has 0 unspecified atom stereocenters. The van der Waals surface area contributed by atoms with Crippen LogP contribution in [-0.4, -0.2) is 44.4 Å². The number of fused-ring (bicyclic) bond motifs is 1. The largest absolute Gasteiger partial charge is 0.497 e. The highest BCUT2D eigenvalue weighted by Crippen LogP contribution is 2.39. The summed E-state index contributed by atoms with van der Waals surface area (Å²) in [7, 11) is 1.57. The van der Waals surface area contributed by atoms with Crippen molar-refractivity contribution >= 4 is 35.6 Å². The average Bonchev–Trinajstić information content (AvgIpc) is 2.54. The molecule has 1 atom stereocenters. The molecule has 1 aliphatic heterocycles. The normalized spacial score (nSPS) is 16.6. The molecular formula is C17H21Cl2F3N2O. The molecule has 140 valence electrons. The molecule has 2 aromatic carbocycles. The van der Waals surface area contributed by atoms with E-state index in [9.17, 15) is 13.2 Å². The molecule has 0 amide bonds. The van der Waals surface area contributed by atoms with E-state index in [1.807, 2.05) is 6.07 Å². The Hall–Kier alpha value is -1.21. The van der Waals surface area contributed by atoms with Crippen molar-refractivity contribution in [3.8, 4) is 5.75 Å². The molecule has 0 aromatic heterocycles. The molecule has 0 spiro atoms. The van der Waals surface area contributed by atoms with Gasteiger partial charge in [-0.25, -0.2) is 0 Å². The van der Waals surface area contributed by atoms with Crippen molar-refractivity contribution in [2.75, 3.05) is 33.3 Å². The zero-order valence-electron chi connectivity index (χ0n) is 13.7. The number of alkyl halides is 3. The maximum Gasteiger partial charge on any atom is 0.408 e. The van der Waals surface area contributed by atoms with Gasteiger partial charge in [-0.3, -0.25) is 4.90 Å². The van der Waals surface area contributed by atoms with Crippen LogP contribution in [0.1, 0.15) is 11.6 Å². The highest BCUT2D eigenvalue weighted by Gasteiger charge is 2.44. The Balaban J connectivity index is 0.00000156. The fourth-order valence-corrected chi connectivity index (χ4v) is 3.09. The SMILES string of the molecule is COc1ccc2cc([C@@H](N3CCNCC3)C(F)(F)F)ccc2c1.Cl.Cl. The van der Waals surface area contributed by atoms with E-state index in [4.69, 9.17) is 4.74 Å². The molecule has 0 saturated carbocycles. The Morgan fingerprint density at radius 2 is 1.60 bits per heavy atom. The van der Waals surface area contributed by atoms with Crippen molar-refractivity contribution < 1.29 is 17.9 Å². The van der Waals surface area contributed by atoms with E-state index in [1.165, 1.54) is 4.90 Å². The van der Waals surface area contributed by atoms with Crippen LogP contribution in [0.3, 0.4) is 0 Å². The third-order valence-electron chi connectivity index (χ3n) is 4.21. The standard InChI is InChI=1S/C17H19F3N2O.2ClH/c1-23-15-5-4-12-10-14(3-2-13(12)11-15)16(17(18,19)20)22-8-6-21-7-9-22;;/h2-5,10-11,16,21H,6-9H2,1H3;2*1H/t16-;;/m1../s1. The number of methoxy groups -OCH3 is 1. The molecule has 3 rings (SSSR count). The first-order valence-corrected chi connectivity index (χ1v) is 7.58. The number of rotatable bonds is 3. The van der Waals surface area contributed by atoms with Gasteiger partial charge in [0, 0.05) is 26.2 Å². The second kappa shape index (κ2) is 8.94. The monoisotopic (exact) mass is 396 g/mol. The summed E-state index contributed by atoms with van der Waals surface area (Å²) >= 11 is 0. The lowest BCUT2D eigenvalue weighted by atomic mass is 9.99. The number of nitrogens with one attached hydrogen (secondary N) is 1.